The summed E-state index contributed by atoms with van der Waals surface area (Å²) < 4.78 is 22.4. The van der Waals surface area contributed by atoms with Crippen LogP contribution in [0.15, 0.2) is 40.5 Å². The number of rotatable bonds is 6. The number of hydrogen-bond donors (Lipinski definition) is 1. The SMILES string of the molecule is Cc1cc(-c2cc(Cl)ccc2OCCn2c(C)nc3cc(F)c(C)c(C#N)c3c2=O)c2scc(C(=O)O)c2n1. The highest BCUT2D eigenvalue weighted by molar-refractivity contribution is 7.18. The first-order valence-electron chi connectivity index (χ1n) is 11.8. The highest BCUT2D eigenvalue weighted by Crippen LogP contribution is 2.40. The second kappa shape index (κ2) is 10.1. The average molecular weight is 563 g/mol. The van der Waals surface area contributed by atoms with Gasteiger partial charge < -0.3 is 9.84 Å². The maximum Gasteiger partial charge on any atom is 0.338 e. The van der Waals surface area contributed by atoms with Crippen molar-refractivity contribution in [3.8, 4) is 22.9 Å². The lowest BCUT2D eigenvalue weighted by molar-refractivity contribution is 0.0699. The number of aromatic nitrogens is 3. The minimum absolute atomic E-state index is 0.0362. The minimum atomic E-state index is -1.06. The van der Waals surface area contributed by atoms with E-state index in [9.17, 15) is 24.3 Å². The average Bonchev–Trinajstić information content (AvgIpc) is 3.31. The van der Waals surface area contributed by atoms with E-state index in [1.54, 1.807) is 37.4 Å². The highest BCUT2D eigenvalue weighted by atomic mass is 35.5. The lowest BCUT2D eigenvalue weighted by Crippen LogP contribution is -2.27. The van der Waals surface area contributed by atoms with Crippen LogP contribution in [0.25, 0.3) is 32.2 Å². The molecule has 0 atom stereocenters. The largest absolute Gasteiger partial charge is 0.491 e. The quantitative estimate of drug-likeness (QED) is 0.268. The van der Waals surface area contributed by atoms with Crippen LogP contribution >= 0.6 is 22.9 Å². The first-order chi connectivity index (χ1) is 18.6. The third kappa shape index (κ3) is 4.60. The number of carbonyl (C=O) groups is 1. The van der Waals surface area contributed by atoms with Gasteiger partial charge in [0.2, 0.25) is 0 Å². The summed E-state index contributed by atoms with van der Waals surface area (Å²) in [6.45, 7) is 5.05. The fourth-order valence-corrected chi connectivity index (χ4v) is 5.72. The van der Waals surface area contributed by atoms with Crippen LogP contribution in [0, 0.1) is 37.9 Å². The Hall–Kier alpha value is -4.33. The predicted molar refractivity (Wildman–Crippen MR) is 147 cm³/mol. The Morgan fingerprint density at radius 1 is 1.21 bits per heavy atom. The first-order valence-corrected chi connectivity index (χ1v) is 13.0. The van der Waals surface area contributed by atoms with Gasteiger partial charge in [-0.25, -0.2) is 14.2 Å². The zero-order valence-electron chi connectivity index (χ0n) is 21.0. The monoisotopic (exact) mass is 562 g/mol. The number of thiophene rings is 1. The number of pyridine rings is 1. The molecular formula is C28H20ClFN4O4S. The molecule has 39 heavy (non-hydrogen) atoms. The summed E-state index contributed by atoms with van der Waals surface area (Å²) in [5.41, 5.74) is 2.25. The second-order valence-electron chi connectivity index (χ2n) is 8.91. The van der Waals surface area contributed by atoms with E-state index in [4.69, 9.17) is 16.3 Å². The van der Waals surface area contributed by atoms with Crippen molar-refractivity contribution in [1.82, 2.24) is 14.5 Å². The summed E-state index contributed by atoms with van der Waals surface area (Å²) in [5, 5.41) is 21.2. The van der Waals surface area contributed by atoms with E-state index in [-0.39, 0.29) is 40.7 Å². The molecule has 3 heterocycles. The fraction of sp³-hybridized carbons (Fsp3) is 0.179. The molecule has 8 nitrogen and oxygen atoms in total. The molecule has 2 aromatic carbocycles. The number of benzene rings is 2. The molecular weight excluding hydrogens is 543 g/mol. The summed E-state index contributed by atoms with van der Waals surface area (Å²) in [6.07, 6.45) is 0. The standard InChI is InChI=1S/C28H20ClFN4O4S/c1-13-8-18(26-25(32-13)20(12-39-26)28(36)37)17-9-16(29)4-5-23(17)38-7-6-34-15(3)33-22-10-21(30)14(2)19(11-31)24(22)27(34)35/h4-5,8-10,12H,6-7H2,1-3H3,(H,36,37). The molecule has 0 radical (unpaired) electrons. The normalized spacial score (nSPS) is 11.2. The van der Waals surface area contributed by atoms with E-state index in [0.29, 0.717) is 38.1 Å². The van der Waals surface area contributed by atoms with Crippen LogP contribution in [0.3, 0.4) is 0 Å². The number of carboxylic acid groups (broad SMARTS) is 1. The van der Waals surface area contributed by atoms with Gasteiger partial charge in [0.1, 0.15) is 30.1 Å². The van der Waals surface area contributed by atoms with Crippen molar-refractivity contribution in [2.75, 3.05) is 6.61 Å². The van der Waals surface area contributed by atoms with Gasteiger partial charge in [-0.05, 0) is 45.0 Å². The van der Waals surface area contributed by atoms with E-state index in [1.807, 2.05) is 12.1 Å². The molecule has 0 aliphatic heterocycles. The number of ether oxygens (including phenoxy) is 1. The summed E-state index contributed by atoms with van der Waals surface area (Å²) in [4.78, 5) is 33.8. The number of hydrogen-bond acceptors (Lipinski definition) is 7. The number of aryl methyl sites for hydroxylation is 2. The maximum absolute atomic E-state index is 14.3. The third-order valence-electron chi connectivity index (χ3n) is 6.43. The molecule has 196 valence electrons. The number of nitriles is 1. The Balaban J connectivity index is 1.52. The Kier molecular flexibility index (Phi) is 6.80. The van der Waals surface area contributed by atoms with Crippen molar-refractivity contribution >= 4 is 50.0 Å². The van der Waals surface area contributed by atoms with E-state index in [2.05, 4.69) is 9.97 Å². The summed E-state index contributed by atoms with van der Waals surface area (Å²) >= 11 is 7.59. The van der Waals surface area contributed by atoms with Crippen LogP contribution in [0.1, 0.15) is 33.0 Å². The van der Waals surface area contributed by atoms with Crippen molar-refractivity contribution < 1.29 is 19.0 Å². The second-order valence-corrected chi connectivity index (χ2v) is 10.2. The molecule has 0 spiro atoms. The zero-order chi connectivity index (χ0) is 28.0. The lowest BCUT2D eigenvalue weighted by atomic mass is 10.0. The van der Waals surface area contributed by atoms with Gasteiger partial charge >= 0.3 is 5.97 Å². The summed E-state index contributed by atoms with van der Waals surface area (Å²) in [6, 6.07) is 10.1. The third-order valence-corrected chi connectivity index (χ3v) is 7.67. The van der Waals surface area contributed by atoms with Crippen LogP contribution in [0.2, 0.25) is 5.02 Å². The zero-order valence-corrected chi connectivity index (χ0v) is 22.6. The van der Waals surface area contributed by atoms with Crippen LogP contribution in [-0.2, 0) is 6.54 Å². The summed E-state index contributed by atoms with van der Waals surface area (Å²) in [5.74, 6) is -0.823. The van der Waals surface area contributed by atoms with Gasteiger partial charge in [-0.3, -0.25) is 14.3 Å². The molecule has 5 rings (SSSR count). The molecule has 0 unspecified atom stereocenters. The van der Waals surface area contributed by atoms with Crippen LogP contribution in [0.4, 0.5) is 4.39 Å². The van der Waals surface area contributed by atoms with Crippen molar-refractivity contribution in [1.29, 1.82) is 5.26 Å². The Morgan fingerprint density at radius 2 is 1.97 bits per heavy atom. The molecule has 3 aromatic heterocycles. The van der Waals surface area contributed by atoms with Gasteiger partial charge in [0.15, 0.2) is 0 Å². The van der Waals surface area contributed by atoms with Crippen molar-refractivity contribution in [2.24, 2.45) is 0 Å². The van der Waals surface area contributed by atoms with Gasteiger partial charge in [0.25, 0.3) is 5.56 Å². The summed E-state index contributed by atoms with van der Waals surface area (Å²) in [7, 11) is 0. The van der Waals surface area contributed by atoms with E-state index >= 15 is 0 Å². The molecule has 0 bridgehead atoms. The lowest BCUT2D eigenvalue weighted by Gasteiger charge is -2.16. The van der Waals surface area contributed by atoms with Crippen molar-refractivity contribution in [2.45, 2.75) is 27.3 Å². The molecule has 0 amide bonds. The molecule has 0 saturated heterocycles. The van der Waals surface area contributed by atoms with E-state index in [0.717, 1.165) is 5.56 Å². The smallest absolute Gasteiger partial charge is 0.338 e. The van der Waals surface area contributed by atoms with Crippen LogP contribution < -0.4 is 10.3 Å². The van der Waals surface area contributed by atoms with Gasteiger partial charge in [0, 0.05) is 38.9 Å². The van der Waals surface area contributed by atoms with Crippen molar-refractivity contribution in [3.05, 3.63) is 85.1 Å². The Morgan fingerprint density at radius 3 is 2.69 bits per heavy atom. The van der Waals surface area contributed by atoms with Gasteiger partial charge in [-0.2, -0.15) is 5.26 Å². The van der Waals surface area contributed by atoms with Gasteiger partial charge in [-0.15, -0.1) is 11.3 Å². The molecule has 0 saturated carbocycles. The van der Waals surface area contributed by atoms with E-state index < -0.39 is 17.3 Å². The molecule has 0 aliphatic carbocycles. The first kappa shape index (κ1) is 26.3. The van der Waals surface area contributed by atoms with Gasteiger partial charge in [-0.1, -0.05) is 11.6 Å². The Bertz CT molecular complexity index is 1930. The van der Waals surface area contributed by atoms with Crippen LogP contribution in [0.5, 0.6) is 5.75 Å². The molecule has 5 aromatic rings. The number of halogens is 2. The number of fused-ring (bicyclic) bond motifs is 2. The fourth-order valence-electron chi connectivity index (χ4n) is 4.53. The maximum atomic E-state index is 14.3. The highest BCUT2D eigenvalue weighted by Gasteiger charge is 2.20. The van der Waals surface area contributed by atoms with E-state index in [1.165, 1.54) is 28.9 Å². The number of aromatic carboxylic acids is 1. The van der Waals surface area contributed by atoms with Crippen LogP contribution in [-0.4, -0.2) is 32.2 Å². The predicted octanol–water partition coefficient (Wildman–Crippen LogP) is 6.04. The molecule has 1 N–H and O–H groups in total. The number of nitrogens with zero attached hydrogens (tertiary/aromatic N) is 4. The minimum Gasteiger partial charge on any atom is -0.491 e. The van der Waals surface area contributed by atoms with Gasteiger partial charge in [0.05, 0.1) is 38.8 Å². The number of carboxylic acids is 1. The molecule has 0 aliphatic rings. The molecule has 0 fully saturated rings. The van der Waals surface area contributed by atoms with Crippen molar-refractivity contribution in [3.63, 3.8) is 0 Å². The molecule has 11 heteroatoms. The topological polar surface area (TPSA) is 118 Å². The Labute approximate surface area is 230 Å².